The molecular formula is C29H35N3O3S. The Morgan fingerprint density at radius 3 is 2.92 bits per heavy atom. The molecule has 0 spiro atoms. The second-order valence-electron chi connectivity index (χ2n) is 11.4. The van der Waals surface area contributed by atoms with Crippen LogP contribution in [0.25, 0.3) is 10.2 Å². The fraction of sp³-hybridized carbons (Fsp3) is 0.586. The lowest BCUT2D eigenvalue weighted by atomic mass is 9.55. The average Bonchev–Trinajstić information content (AvgIpc) is 3.43. The van der Waals surface area contributed by atoms with E-state index < -0.39 is 0 Å². The maximum atomic E-state index is 13.8. The molecule has 7 rings (SSSR count). The standard InChI is InChI=1S/C29H35N3O3S/c1-29-8-7-21-20-6-4-19(34-2)15-18(20)3-5-22(21)23(29)16-24-26(29)25-27(36-24)30-17-32(28(25)33)10-9-31-11-13-35-14-12-31/h4,6,15,17,21-23H,3,5,7-14,16H2,1-2H3/t21-,22-,23-,29+/m1/s1. The molecule has 36 heavy (non-hydrogen) atoms. The lowest BCUT2D eigenvalue weighted by Crippen LogP contribution is -2.43. The van der Waals surface area contributed by atoms with Crippen LogP contribution in [0.1, 0.15) is 53.7 Å². The predicted octanol–water partition coefficient (Wildman–Crippen LogP) is 4.37. The summed E-state index contributed by atoms with van der Waals surface area (Å²) in [6, 6.07) is 6.72. The summed E-state index contributed by atoms with van der Waals surface area (Å²) in [5, 5.41) is 0.920. The van der Waals surface area contributed by atoms with Gasteiger partial charge in [0.1, 0.15) is 10.6 Å². The summed E-state index contributed by atoms with van der Waals surface area (Å²) >= 11 is 1.78. The summed E-state index contributed by atoms with van der Waals surface area (Å²) in [6.07, 6.45) is 7.58. The number of hydrogen-bond donors (Lipinski definition) is 0. The number of benzene rings is 1. The van der Waals surface area contributed by atoms with E-state index in [4.69, 9.17) is 14.5 Å². The first-order chi connectivity index (χ1) is 17.6. The zero-order valence-electron chi connectivity index (χ0n) is 21.3. The van der Waals surface area contributed by atoms with Gasteiger partial charge in [-0.05, 0) is 84.1 Å². The number of fused-ring (bicyclic) bond motifs is 9. The minimum atomic E-state index is 0.0724. The fourth-order valence-corrected chi connectivity index (χ4v) is 9.27. The molecule has 2 aromatic heterocycles. The van der Waals surface area contributed by atoms with Gasteiger partial charge < -0.3 is 9.47 Å². The molecule has 4 atom stereocenters. The summed E-state index contributed by atoms with van der Waals surface area (Å²) in [6.45, 7) is 7.47. The normalized spacial score (nSPS) is 29.4. The molecule has 6 nitrogen and oxygen atoms in total. The van der Waals surface area contributed by atoms with E-state index >= 15 is 0 Å². The van der Waals surface area contributed by atoms with E-state index in [2.05, 4.69) is 30.0 Å². The molecule has 7 heteroatoms. The van der Waals surface area contributed by atoms with Crippen LogP contribution in [0, 0.1) is 11.8 Å². The van der Waals surface area contributed by atoms with Crippen molar-refractivity contribution in [1.82, 2.24) is 14.5 Å². The molecule has 3 heterocycles. The van der Waals surface area contributed by atoms with E-state index in [-0.39, 0.29) is 11.0 Å². The summed E-state index contributed by atoms with van der Waals surface area (Å²) < 4.78 is 12.8. The number of aryl methyl sites for hydroxylation is 1. The molecule has 2 fully saturated rings. The minimum absolute atomic E-state index is 0.0724. The number of methoxy groups -OCH3 is 1. The summed E-state index contributed by atoms with van der Waals surface area (Å²) in [5.41, 5.74) is 4.61. The van der Waals surface area contributed by atoms with Crippen LogP contribution in [0.4, 0.5) is 0 Å². The maximum Gasteiger partial charge on any atom is 0.262 e. The third-order valence-corrected chi connectivity index (χ3v) is 10.9. The van der Waals surface area contributed by atoms with E-state index in [1.54, 1.807) is 30.3 Å². The van der Waals surface area contributed by atoms with Crippen molar-refractivity contribution in [3.05, 3.63) is 56.4 Å². The Kier molecular flexibility index (Phi) is 5.53. The van der Waals surface area contributed by atoms with Crippen molar-refractivity contribution in [2.45, 2.75) is 56.9 Å². The predicted molar refractivity (Wildman–Crippen MR) is 142 cm³/mol. The Morgan fingerprint density at radius 1 is 1.22 bits per heavy atom. The van der Waals surface area contributed by atoms with Crippen molar-refractivity contribution in [1.29, 1.82) is 0 Å². The smallest absolute Gasteiger partial charge is 0.262 e. The first kappa shape index (κ1) is 22.9. The molecular weight excluding hydrogens is 470 g/mol. The van der Waals surface area contributed by atoms with Crippen molar-refractivity contribution in [3.63, 3.8) is 0 Å². The first-order valence-corrected chi connectivity index (χ1v) is 14.4. The second-order valence-corrected chi connectivity index (χ2v) is 12.5. The lowest BCUT2D eigenvalue weighted by Gasteiger charge is -2.49. The topological polar surface area (TPSA) is 56.6 Å². The van der Waals surface area contributed by atoms with E-state index in [0.29, 0.717) is 24.3 Å². The van der Waals surface area contributed by atoms with Crippen LogP contribution in [0.2, 0.25) is 0 Å². The molecule has 4 aliphatic rings. The lowest BCUT2D eigenvalue weighted by molar-refractivity contribution is 0.0362. The molecule has 0 radical (unpaired) electrons. The quantitative estimate of drug-likeness (QED) is 0.527. The van der Waals surface area contributed by atoms with Crippen molar-refractivity contribution in [3.8, 4) is 5.75 Å². The number of rotatable bonds is 4. The molecule has 0 unspecified atom stereocenters. The van der Waals surface area contributed by atoms with Gasteiger partial charge in [-0.3, -0.25) is 14.3 Å². The minimum Gasteiger partial charge on any atom is -0.497 e. The van der Waals surface area contributed by atoms with Gasteiger partial charge in [0.25, 0.3) is 5.56 Å². The molecule has 0 N–H and O–H groups in total. The van der Waals surface area contributed by atoms with E-state index in [0.717, 1.165) is 68.1 Å². The second kappa shape index (κ2) is 8.67. The van der Waals surface area contributed by atoms with Gasteiger partial charge in [-0.25, -0.2) is 4.98 Å². The molecule has 1 aliphatic heterocycles. The highest BCUT2D eigenvalue weighted by atomic mass is 32.1. The van der Waals surface area contributed by atoms with Crippen LogP contribution in [0.5, 0.6) is 5.75 Å². The molecule has 0 bridgehead atoms. The Balaban J connectivity index is 1.21. The van der Waals surface area contributed by atoms with Crippen molar-refractivity contribution in [2.24, 2.45) is 11.8 Å². The van der Waals surface area contributed by atoms with Gasteiger partial charge in [0.15, 0.2) is 0 Å². The number of morpholine rings is 1. The van der Waals surface area contributed by atoms with Crippen LogP contribution >= 0.6 is 11.3 Å². The molecule has 190 valence electrons. The molecule has 1 aromatic carbocycles. The highest BCUT2D eigenvalue weighted by Gasteiger charge is 2.54. The van der Waals surface area contributed by atoms with E-state index in [1.807, 2.05) is 4.57 Å². The average molecular weight is 506 g/mol. The van der Waals surface area contributed by atoms with E-state index in [9.17, 15) is 4.79 Å². The van der Waals surface area contributed by atoms with Gasteiger partial charge in [0.2, 0.25) is 0 Å². The zero-order chi connectivity index (χ0) is 24.4. The molecule has 3 aliphatic carbocycles. The summed E-state index contributed by atoms with van der Waals surface area (Å²) in [4.78, 5) is 23.4. The first-order valence-electron chi connectivity index (χ1n) is 13.5. The van der Waals surface area contributed by atoms with E-state index in [1.165, 1.54) is 28.8 Å². The van der Waals surface area contributed by atoms with Crippen LogP contribution in [0.15, 0.2) is 29.3 Å². The third kappa shape index (κ3) is 3.42. The largest absolute Gasteiger partial charge is 0.497 e. The van der Waals surface area contributed by atoms with Crippen LogP contribution in [-0.4, -0.2) is 54.4 Å². The molecule has 3 aromatic rings. The van der Waals surface area contributed by atoms with Gasteiger partial charge in [-0.15, -0.1) is 11.3 Å². The molecule has 1 saturated carbocycles. The number of hydrogen-bond acceptors (Lipinski definition) is 6. The Hall–Kier alpha value is -2.22. The Morgan fingerprint density at radius 2 is 2.08 bits per heavy atom. The molecule has 0 amide bonds. The Labute approximate surface area is 216 Å². The number of thiophene rings is 1. The number of ether oxygens (including phenoxy) is 2. The highest BCUT2D eigenvalue weighted by Crippen LogP contribution is 2.62. The van der Waals surface area contributed by atoms with Crippen molar-refractivity contribution >= 4 is 21.6 Å². The van der Waals surface area contributed by atoms with Gasteiger partial charge in [0, 0.05) is 31.1 Å². The third-order valence-electron chi connectivity index (χ3n) is 9.81. The summed E-state index contributed by atoms with van der Waals surface area (Å²) in [5.74, 6) is 2.89. The van der Waals surface area contributed by atoms with Gasteiger partial charge in [0.05, 0.1) is 32.0 Å². The van der Waals surface area contributed by atoms with Gasteiger partial charge in [-0.1, -0.05) is 13.0 Å². The highest BCUT2D eigenvalue weighted by molar-refractivity contribution is 7.18. The Bertz CT molecular complexity index is 1370. The number of aromatic nitrogens is 2. The van der Waals surface area contributed by atoms with Crippen LogP contribution in [0.3, 0.4) is 0 Å². The van der Waals surface area contributed by atoms with Crippen LogP contribution < -0.4 is 10.3 Å². The summed E-state index contributed by atoms with van der Waals surface area (Å²) in [7, 11) is 1.76. The fourth-order valence-electron chi connectivity index (χ4n) is 7.95. The van der Waals surface area contributed by atoms with Crippen molar-refractivity contribution < 1.29 is 9.47 Å². The van der Waals surface area contributed by atoms with Crippen molar-refractivity contribution in [2.75, 3.05) is 40.0 Å². The molecule has 1 saturated heterocycles. The zero-order valence-corrected chi connectivity index (χ0v) is 22.1. The monoisotopic (exact) mass is 505 g/mol. The van der Waals surface area contributed by atoms with Gasteiger partial charge >= 0.3 is 0 Å². The SMILES string of the molecule is COc1ccc2c(c1)CC[C@@H]1[C@@H]2CC[C@]2(C)c3c(sc4ncn(CCN5CCOCC5)c(=O)c34)C[C@H]12. The number of nitrogens with zero attached hydrogens (tertiary/aromatic N) is 3. The van der Waals surface area contributed by atoms with Crippen LogP contribution in [-0.2, 0) is 29.5 Å². The maximum absolute atomic E-state index is 13.8. The van der Waals surface area contributed by atoms with Gasteiger partial charge in [-0.2, -0.15) is 0 Å².